The summed E-state index contributed by atoms with van der Waals surface area (Å²) in [5.41, 5.74) is 5.40. The lowest BCUT2D eigenvalue weighted by molar-refractivity contribution is -0.182. The Morgan fingerprint density at radius 2 is 2.05 bits per heavy atom. The summed E-state index contributed by atoms with van der Waals surface area (Å²) in [6.45, 7) is 5.21. The number of fused-ring (bicyclic) bond motifs is 2. The van der Waals surface area contributed by atoms with Crippen molar-refractivity contribution in [3.8, 4) is 11.5 Å². The molecule has 2 amide bonds. The minimum Gasteiger partial charge on any atom is -0.477 e. The average Bonchev–Trinajstić information content (AvgIpc) is 3.61. The topological polar surface area (TPSA) is 134 Å². The van der Waals surface area contributed by atoms with Crippen molar-refractivity contribution in [3.63, 3.8) is 0 Å². The molecule has 6 rings (SSSR count). The molecule has 1 heterocycles. The van der Waals surface area contributed by atoms with Crippen LogP contribution >= 0.6 is 0 Å². The molecule has 5 aliphatic rings. The highest BCUT2D eigenvalue weighted by Crippen LogP contribution is 2.72. The maximum absolute atomic E-state index is 13.5. The molecule has 10 nitrogen and oxygen atoms in total. The van der Waals surface area contributed by atoms with Gasteiger partial charge < -0.3 is 35.4 Å². The number of nitrogens with two attached hydrogens (primary N) is 1. The number of hydrogen-bond acceptors (Lipinski definition) is 8. The van der Waals surface area contributed by atoms with Crippen LogP contribution in [0.4, 0.5) is 4.79 Å². The van der Waals surface area contributed by atoms with Gasteiger partial charge in [-0.2, -0.15) is 0 Å². The summed E-state index contributed by atoms with van der Waals surface area (Å²) < 4.78 is 12.3. The first-order chi connectivity index (χ1) is 19.0. The third-order valence-electron chi connectivity index (χ3n) is 10.5. The number of carbonyl (C=O) groups is 3. The number of aliphatic hydroxyl groups is 1. The van der Waals surface area contributed by atoms with Crippen LogP contribution in [-0.4, -0.2) is 90.2 Å². The third-order valence-corrected chi connectivity index (χ3v) is 10.5. The normalized spacial score (nSPS) is 33.8. The predicted octanol–water partition coefficient (Wildman–Crippen LogP) is 1.84. The first-order valence-corrected chi connectivity index (χ1v) is 14.7. The van der Waals surface area contributed by atoms with Crippen LogP contribution in [0.25, 0.3) is 0 Å². The zero-order chi connectivity index (χ0) is 28.6. The number of ketones is 1. The molecule has 1 aromatic rings. The van der Waals surface area contributed by atoms with Gasteiger partial charge in [-0.05, 0) is 75.5 Å². The number of likely N-dealkylation sites (N-methyl/N-ethyl adjacent to an activating group) is 2. The van der Waals surface area contributed by atoms with Crippen LogP contribution in [0, 0.1) is 5.92 Å². The molecule has 40 heavy (non-hydrogen) atoms. The number of Topliss-reactive ketones (excluding diaryl/α,β-unsaturated/α-hetero) is 1. The second-order valence-electron chi connectivity index (χ2n) is 13.0. The summed E-state index contributed by atoms with van der Waals surface area (Å²) in [4.78, 5) is 42.0. The Balaban J connectivity index is 1.34. The summed E-state index contributed by atoms with van der Waals surface area (Å²) in [5.74, 6) is 1.07. The molecule has 6 atom stereocenters. The van der Waals surface area contributed by atoms with Crippen molar-refractivity contribution >= 4 is 17.8 Å². The number of amides is 2. The van der Waals surface area contributed by atoms with E-state index in [0.717, 1.165) is 30.5 Å². The zero-order valence-corrected chi connectivity index (χ0v) is 24.0. The molecule has 3 saturated carbocycles. The van der Waals surface area contributed by atoms with E-state index < -0.39 is 29.3 Å². The summed E-state index contributed by atoms with van der Waals surface area (Å²) in [5, 5.41) is 15.4. The minimum absolute atomic E-state index is 0.00323. The van der Waals surface area contributed by atoms with Gasteiger partial charge in [0.1, 0.15) is 0 Å². The summed E-state index contributed by atoms with van der Waals surface area (Å²) in [7, 11) is 3.71. The number of rotatable bonds is 9. The molecule has 1 aromatic carbocycles. The van der Waals surface area contributed by atoms with Crippen LogP contribution in [0.15, 0.2) is 12.1 Å². The molecular formula is C30H42N4O6. The van der Waals surface area contributed by atoms with Gasteiger partial charge in [-0.1, -0.05) is 13.0 Å². The summed E-state index contributed by atoms with van der Waals surface area (Å²) in [6, 6.07) is 3.07. The molecule has 3 fully saturated rings. The van der Waals surface area contributed by atoms with Gasteiger partial charge in [-0.15, -0.1) is 0 Å². The van der Waals surface area contributed by atoms with Crippen LogP contribution in [0.5, 0.6) is 11.5 Å². The van der Waals surface area contributed by atoms with Gasteiger partial charge in [-0.3, -0.25) is 9.59 Å². The van der Waals surface area contributed by atoms with Gasteiger partial charge >= 0.3 is 6.09 Å². The number of benzene rings is 1. The van der Waals surface area contributed by atoms with Gasteiger partial charge in [0, 0.05) is 44.7 Å². The van der Waals surface area contributed by atoms with E-state index >= 15 is 0 Å². The van der Waals surface area contributed by atoms with Gasteiger partial charge in [0.05, 0.1) is 17.1 Å². The van der Waals surface area contributed by atoms with Crippen LogP contribution in [0.2, 0.25) is 0 Å². The lowest BCUT2D eigenvalue weighted by Crippen LogP contribution is -2.73. The maximum Gasteiger partial charge on any atom is 0.415 e. The van der Waals surface area contributed by atoms with E-state index in [1.807, 2.05) is 6.07 Å². The van der Waals surface area contributed by atoms with Gasteiger partial charge in [0.15, 0.2) is 23.4 Å². The summed E-state index contributed by atoms with van der Waals surface area (Å²) in [6.07, 6.45) is 4.12. The van der Waals surface area contributed by atoms with Crippen molar-refractivity contribution in [2.45, 2.75) is 93.4 Å². The number of hydrogen-bond donors (Lipinski definition) is 3. The highest BCUT2D eigenvalue weighted by molar-refractivity contribution is 5.91. The molecular weight excluding hydrogens is 512 g/mol. The molecule has 0 aromatic heterocycles. The summed E-state index contributed by atoms with van der Waals surface area (Å²) >= 11 is 0. The van der Waals surface area contributed by atoms with E-state index in [9.17, 15) is 19.5 Å². The quantitative estimate of drug-likeness (QED) is 0.421. The highest BCUT2D eigenvalue weighted by Gasteiger charge is 2.77. The fraction of sp³-hybridized carbons (Fsp3) is 0.700. The smallest absolute Gasteiger partial charge is 0.415 e. The monoisotopic (exact) mass is 554 g/mol. The fourth-order valence-corrected chi connectivity index (χ4v) is 8.18. The Hall–Kier alpha value is -2.69. The Morgan fingerprint density at radius 3 is 2.73 bits per heavy atom. The van der Waals surface area contributed by atoms with E-state index in [1.54, 1.807) is 20.0 Å². The van der Waals surface area contributed by atoms with Crippen molar-refractivity contribution in [2.75, 3.05) is 33.7 Å². The van der Waals surface area contributed by atoms with Crippen LogP contribution in [0.3, 0.4) is 0 Å². The maximum atomic E-state index is 13.5. The lowest BCUT2D eigenvalue weighted by Gasteiger charge is -2.59. The molecule has 1 aliphatic heterocycles. The van der Waals surface area contributed by atoms with Crippen molar-refractivity contribution in [1.29, 1.82) is 0 Å². The standard InChI is InChI=1S/C30H42N4O6/c1-5-28-14-22(34(4)15-18-6-7-18)30(38)11-10-20(35)25-29(30,16-28)23-19(28)8-9-21(24(23)40-25)39-27(37)33(3)13-12-32-26(36)17(2)31/h8-9,17-18,22,25,38H,5-7,10-16,31H2,1-4H3,(H,32,36)/t17-,22?,25-,28?,29-,30+/m0/s1. The predicted molar refractivity (Wildman–Crippen MR) is 147 cm³/mol. The molecule has 2 bridgehead atoms. The van der Waals surface area contributed by atoms with Crippen molar-refractivity contribution in [1.82, 2.24) is 15.1 Å². The van der Waals surface area contributed by atoms with Crippen molar-refractivity contribution < 1.29 is 29.0 Å². The van der Waals surface area contributed by atoms with Crippen LogP contribution in [-0.2, 0) is 20.4 Å². The second-order valence-corrected chi connectivity index (χ2v) is 13.0. The van der Waals surface area contributed by atoms with Gasteiger partial charge in [-0.25, -0.2) is 4.79 Å². The Morgan fingerprint density at radius 1 is 1.30 bits per heavy atom. The number of carbonyl (C=O) groups excluding carboxylic acids is 3. The SMILES string of the molecule is CCC12CC(N(C)CC3CC3)[C@]3(O)CCC(=O)[C@@H]4Oc5c(OC(=O)N(C)CCNC(=O)[C@H](C)N)ccc1c5[C@@]43C2. The Bertz CT molecular complexity index is 1250. The van der Waals surface area contributed by atoms with Crippen LogP contribution < -0.4 is 20.5 Å². The van der Waals surface area contributed by atoms with E-state index in [2.05, 4.69) is 24.2 Å². The molecule has 4 N–H and O–H groups in total. The Labute approximate surface area is 235 Å². The average molecular weight is 555 g/mol. The molecule has 2 unspecified atom stereocenters. The molecule has 0 saturated heterocycles. The minimum atomic E-state index is -1.12. The van der Waals surface area contributed by atoms with Gasteiger partial charge in [0.25, 0.3) is 0 Å². The van der Waals surface area contributed by atoms with Crippen molar-refractivity contribution in [3.05, 3.63) is 23.3 Å². The van der Waals surface area contributed by atoms with Crippen LogP contribution in [0.1, 0.15) is 69.9 Å². The van der Waals surface area contributed by atoms with E-state index in [4.69, 9.17) is 15.2 Å². The Kier molecular flexibility index (Phi) is 6.47. The van der Waals surface area contributed by atoms with Gasteiger partial charge in [0.2, 0.25) is 5.91 Å². The molecule has 4 aliphatic carbocycles. The zero-order valence-electron chi connectivity index (χ0n) is 24.0. The molecule has 1 spiro atoms. The molecule has 0 radical (unpaired) electrons. The van der Waals surface area contributed by atoms with E-state index in [0.29, 0.717) is 24.5 Å². The van der Waals surface area contributed by atoms with Crippen molar-refractivity contribution in [2.24, 2.45) is 11.7 Å². The highest BCUT2D eigenvalue weighted by atomic mass is 16.6. The largest absolute Gasteiger partial charge is 0.477 e. The van der Waals surface area contributed by atoms with E-state index in [1.165, 1.54) is 17.7 Å². The molecule has 218 valence electrons. The first-order valence-electron chi connectivity index (χ1n) is 14.7. The number of nitrogens with zero attached hydrogens (tertiary/aromatic N) is 2. The first kappa shape index (κ1) is 27.5. The third kappa shape index (κ3) is 3.82. The second kappa shape index (κ2) is 9.42. The number of nitrogens with one attached hydrogen (secondary N) is 1. The fourth-order valence-electron chi connectivity index (χ4n) is 8.18. The molecule has 10 heteroatoms. The lowest BCUT2D eigenvalue weighted by atomic mass is 9.50. The number of ether oxygens (including phenoxy) is 2. The van der Waals surface area contributed by atoms with E-state index in [-0.39, 0.29) is 48.4 Å².